The molecule has 0 aliphatic rings. The molecule has 8 nitrogen and oxygen atoms in total. The highest BCUT2D eigenvalue weighted by molar-refractivity contribution is 9.10. The van der Waals surface area contributed by atoms with Crippen molar-refractivity contribution in [1.82, 2.24) is 10.6 Å². The number of nitrogens with zero attached hydrogens (tertiary/aromatic N) is 1. The number of thiocarbonyl (C=S) groups is 1. The van der Waals surface area contributed by atoms with Crippen molar-refractivity contribution in [3.05, 3.63) is 62.6 Å². The number of hydrogen-bond donors (Lipinski definition) is 3. The summed E-state index contributed by atoms with van der Waals surface area (Å²) in [4.78, 5) is 23.2. The molecule has 30 heavy (non-hydrogen) atoms. The summed E-state index contributed by atoms with van der Waals surface area (Å²) in [5, 5.41) is 19.0. The number of carbonyl (C=O) groups excluding carboxylic acids is 1. The number of benzene rings is 2. The maximum absolute atomic E-state index is 12.5. The number of nitro benzene ring substituents is 1. The van der Waals surface area contributed by atoms with Gasteiger partial charge in [-0.25, -0.2) is 0 Å². The number of nitrogens with one attached hydrogen (secondary N) is 3. The van der Waals surface area contributed by atoms with Crippen molar-refractivity contribution in [2.24, 2.45) is 0 Å². The van der Waals surface area contributed by atoms with E-state index in [2.05, 4.69) is 31.9 Å². The van der Waals surface area contributed by atoms with Gasteiger partial charge in [0.1, 0.15) is 17.6 Å². The monoisotopic (exact) mass is 554 g/mol. The Bertz CT molecular complexity index is 957. The molecule has 13 heteroatoms. The molecule has 0 saturated carbocycles. The van der Waals surface area contributed by atoms with Gasteiger partial charge in [-0.2, -0.15) is 0 Å². The van der Waals surface area contributed by atoms with Crippen molar-refractivity contribution in [2.75, 3.05) is 12.4 Å². The average Bonchev–Trinajstić information content (AvgIpc) is 2.67. The summed E-state index contributed by atoms with van der Waals surface area (Å²) in [5.41, 5.74) is 0.132. The van der Waals surface area contributed by atoms with Crippen LogP contribution in [0.1, 0.15) is 10.4 Å². The smallest absolute Gasteiger partial charge is 0.296 e. The van der Waals surface area contributed by atoms with E-state index in [9.17, 15) is 14.9 Å². The number of nitro groups is 1. The zero-order chi connectivity index (χ0) is 22.5. The van der Waals surface area contributed by atoms with E-state index in [1.807, 2.05) is 0 Å². The summed E-state index contributed by atoms with van der Waals surface area (Å²) >= 11 is 26.3. The standard InChI is InChI=1S/C17H14BrCl3N4O4S/c1-29-11-6-7-12(13(8-11)25(27)28)22-16(30)24-15(17(19,20)21)23-14(26)9-2-4-10(18)5-3-9/h2-8,15H,1H3,(H,23,26)(H2,22,24,30). The minimum Gasteiger partial charge on any atom is -0.496 e. The third-order valence-corrected chi connectivity index (χ3v) is 5.04. The van der Waals surface area contributed by atoms with Crippen LogP contribution in [-0.2, 0) is 0 Å². The molecule has 1 unspecified atom stereocenters. The van der Waals surface area contributed by atoms with E-state index < -0.39 is 20.8 Å². The van der Waals surface area contributed by atoms with Gasteiger partial charge in [0, 0.05) is 10.0 Å². The summed E-state index contributed by atoms with van der Waals surface area (Å²) in [7, 11) is 1.39. The van der Waals surface area contributed by atoms with Gasteiger partial charge in [0.25, 0.3) is 11.6 Å². The lowest BCUT2D eigenvalue weighted by molar-refractivity contribution is -0.384. The molecule has 0 spiro atoms. The van der Waals surface area contributed by atoms with E-state index in [1.54, 1.807) is 24.3 Å². The second-order valence-electron chi connectivity index (χ2n) is 5.69. The zero-order valence-corrected chi connectivity index (χ0v) is 19.8. The molecule has 0 aliphatic carbocycles. The second-order valence-corrected chi connectivity index (χ2v) is 9.39. The van der Waals surface area contributed by atoms with Crippen molar-refractivity contribution in [1.29, 1.82) is 0 Å². The molecule has 0 heterocycles. The SMILES string of the molecule is COc1ccc(NC(=S)NC(NC(=O)c2ccc(Br)cc2)C(Cl)(Cl)Cl)c([N+](=O)[O-])c1. The fourth-order valence-electron chi connectivity index (χ4n) is 2.20. The van der Waals surface area contributed by atoms with Crippen molar-refractivity contribution in [3.63, 3.8) is 0 Å². The third-order valence-electron chi connectivity index (χ3n) is 3.63. The Morgan fingerprint density at radius 3 is 2.37 bits per heavy atom. The van der Waals surface area contributed by atoms with E-state index in [-0.39, 0.29) is 16.5 Å². The van der Waals surface area contributed by atoms with E-state index in [0.717, 1.165) is 4.47 Å². The van der Waals surface area contributed by atoms with Gasteiger partial charge in [-0.15, -0.1) is 0 Å². The van der Waals surface area contributed by atoms with E-state index >= 15 is 0 Å². The first-order chi connectivity index (χ1) is 14.0. The van der Waals surface area contributed by atoms with Crippen LogP contribution in [0.3, 0.4) is 0 Å². The minimum absolute atomic E-state index is 0.0839. The molecular weight excluding hydrogens is 543 g/mol. The van der Waals surface area contributed by atoms with E-state index in [0.29, 0.717) is 11.3 Å². The largest absolute Gasteiger partial charge is 0.496 e. The Balaban J connectivity index is 2.15. The predicted molar refractivity (Wildman–Crippen MR) is 125 cm³/mol. The molecular formula is C17H14BrCl3N4O4S. The van der Waals surface area contributed by atoms with Crippen molar-refractivity contribution in [3.8, 4) is 5.75 Å². The number of amides is 1. The first-order valence-corrected chi connectivity index (χ1v) is 10.4. The molecule has 0 fully saturated rings. The topological polar surface area (TPSA) is 106 Å². The zero-order valence-electron chi connectivity index (χ0n) is 15.1. The minimum atomic E-state index is -1.98. The van der Waals surface area contributed by atoms with Crippen LogP contribution in [0.2, 0.25) is 0 Å². The van der Waals surface area contributed by atoms with Gasteiger partial charge in [-0.1, -0.05) is 50.7 Å². The molecule has 2 aromatic rings. The van der Waals surface area contributed by atoms with E-state index in [1.165, 1.54) is 25.3 Å². The number of ether oxygens (including phenoxy) is 1. The summed E-state index contributed by atoms with van der Waals surface area (Å²) < 4.78 is 3.79. The summed E-state index contributed by atoms with van der Waals surface area (Å²) in [5.74, 6) is -0.225. The van der Waals surface area contributed by atoms with Gasteiger partial charge in [-0.05, 0) is 48.6 Å². The Kier molecular flexibility index (Phi) is 8.51. The van der Waals surface area contributed by atoms with Gasteiger partial charge >= 0.3 is 0 Å². The molecule has 1 amide bonds. The molecule has 0 saturated heterocycles. The summed E-state index contributed by atoms with van der Waals surface area (Å²) in [6.07, 6.45) is -1.24. The third kappa shape index (κ3) is 6.85. The van der Waals surface area contributed by atoms with Crippen LogP contribution in [0.25, 0.3) is 0 Å². The molecule has 0 radical (unpaired) electrons. The Hall–Kier alpha value is -1.85. The molecule has 2 aromatic carbocycles. The first-order valence-electron chi connectivity index (χ1n) is 8.04. The molecule has 0 aliphatic heterocycles. The van der Waals surface area contributed by atoms with Gasteiger partial charge in [-0.3, -0.25) is 14.9 Å². The Labute approximate surface area is 200 Å². The molecule has 3 N–H and O–H groups in total. The number of methoxy groups -OCH3 is 1. The van der Waals surface area contributed by atoms with Gasteiger partial charge in [0.15, 0.2) is 5.11 Å². The molecule has 0 bridgehead atoms. The number of anilines is 1. The number of hydrogen-bond acceptors (Lipinski definition) is 5. The Morgan fingerprint density at radius 1 is 1.20 bits per heavy atom. The highest BCUT2D eigenvalue weighted by Crippen LogP contribution is 2.31. The number of carbonyl (C=O) groups is 1. The van der Waals surface area contributed by atoms with Crippen molar-refractivity contribution in [2.45, 2.75) is 9.96 Å². The molecule has 1 atom stereocenters. The van der Waals surface area contributed by atoms with Crippen LogP contribution in [-0.4, -0.2) is 33.0 Å². The lowest BCUT2D eigenvalue weighted by atomic mass is 10.2. The highest BCUT2D eigenvalue weighted by Gasteiger charge is 2.35. The van der Waals surface area contributed by atoms with Crippen LogP contribution < -0.4 is 20.7 Å². The second kappa shape index (κ2) is 10.5. The number of halogens is 4. The maximum atomic E-state index is 12.5. The van der Waals surface area contributed by atoms with Gasteiger partial charge in [0.05, 0.1) is 18.1 Å². The molecule has 2 rings (SSSR count). The average molecular weight is 557 g/mol. The fraction of sp³-hybridized carbons (Fsp3) is 0.176. The summed E-state index contributed by atoms with van der Waals surface area (Å²) in [6, 6.07) is 10.7. The molecule has 160 valence electrons. The van der Waals surface area contributed by atoms with Gasteiger partial charge in [0.2, 0.25) is 3.79 Å². The highest BCUT2D eigenvalue weighted by atomic mass is 79.9. The first kappa shape index (κ1) is 24.4. The quantitative estimate of drug-likeness (QED) is 0.155. The number of rotatable bonds is 6. The van der Waals surface area contributed by atoms with Crippen LogP contribution in [0, 0.1) is 10.1 Å². The fourth-order valence-corrected chi connectivity index (χ4v) is 3.02. The van der Waals surface area contributed by atoms with E-state index in [4.69, 9.17) is 51.8 Å². The Morgan fingerprint density at radius 2 is 1.83 bits per heavy atom. The van der Waals surface area contributed by atoms with Gasteiger partial charge < -0.3 is 20.7 Å². The molecule has 0 aromatic heterocycles. The predicted octanol–water partition coefficient (Wildman–Crippen LogP) is 4.78. The lowest BCUT2D eigenvalue weighted by Crippen LogP contribution is -2.56. The van der Waals surface area contributed by atoms with Crippen LogP contribution >= 0.6 is 63.0 Å². The van der Waals surface area contributed by atoms with Crippen molar-refractivity contribution >= 4 is 85.3 Å². The van der Waals surface area contributed by atoms with Crippen LogP contribution in [0.15, 0.2) is 46.9 Å². The van der Waals surface area contributed by atoms with Crippen molar-refractivity contribution < 1.29 is 14.5 Å². The maximum Gasteiger partial charge on any atom is 0.296 e. The summed E-state index contributed by atoms with van der Waals surface area (Å²) in [6.45, 7) is 0. The van der Waals surface area contributed by atoms with Crippen LogP contribution in [0.4, 0.5) is 11.4 Å². The number of alkyl halides is 3. The normalized spacial score (nSPS) is 11.9. The van der Waals surface area contributed by atoms with Crippen LogP contribution in [0.5, 0.6) is 5.75 Å². The lowest BCUT2D eigenvalue weighted by Gasteiger charge is -2.27.